The summed E-state index contributed by atoms with van der Waals surface area (Å²) in [7, 11) is 0. The Morgan fingerprint density at radius 2 is 1.90 bits per heavy atom. The van der Waals surface area contributed by atoms with Crippen LogP contribution in [0.25, 0.3) is 0 Å². The molecule has 0 radical (unpaired) electrons. The fourth-order valence-corrected chi connectivity index (χ4v) is 3.71. The molecular weight excluding hydrogens is 459 g/mol. The first-order chi connectivity index (χ1) is 14.0. The van der Waals surface area contributed by atoms with Gasteiger partial charge in [0.05, 0.1) is 5.75 Å². The quantitative estimate of drug-likeness (QED) is 0.457. The molecular formula is C20H20BrFN4O2S. The first-order valence-electron chi connectivity index (χ1n) is 8.99. The summed E-state index contributed by atoms with van der Waals surface area (Å²) in [6, 6.07) is 13.2. The number of benzene rings is 2. The summed E-state index contributed by atoms with van der Waals surface area (Å²) in [6.45, 7) is 4.55. The summed E-state index contributed by atoms with van der Waals surface area (Å²) < 4.78 is 21.8. The van der Waals surface area contributed by atoms with Crippen LogP contribution in [-0.4, -0.2) is 26.4 Å². The van der Waals surface area contributed by atoms with E-state index in [0.29, 0.717) is 23.2 Å². The van der Waals surface area contributed by atoms with Gasteiger partial charge < -0.3 is 14.6 Å². The van der Waals surface area contributed by atoms with E-state index < -0.39 is 0 Å². The van der Waals surface area contributed by atoms with Crippen molar-refractivity contribution in [2.75, 3.05) is 11.1 Å². The third-order valence-electron chi connectivity index (χ3n) is 4.01. The number of anilines is 1. The lowest BCUT2D eigenvalue weighted by atomic mass is 10.3. The summed E-state index contributed by atoms with van der Waals surface area (Å²) >= 11 is 4.69. The van der Waals surface area contributed by atoms with Crippen molar-refractivity contribution in [2.24, 2.45) is 0 Å². The smallest absolute Gasteiger partial charge is 0.234 e. The first-order valence-corrected chi connectivity index (χ1v) is 10.8. The van der Waals surface area contributed by atoms with E-state index in [1.807, 2.05) is 42.7 Å². The van der Waals surface area contributed by atoms with E-state index in [9.17, 15) is 9.18 Å². The number of aromatic nitrogens is 3. The van der Waals surface area contributed by atoms with Gasteiger partial charge in [-0.25, -0.2) is 4.39 Å². The van der Waals surface area contributed by atoms with Gasteiger partial charge in [-0.2, -0.15) is 0 Å². The molecule has 0 fully saturated rings. The van der Waals surface area contributed by atoms with Gasteiger partial charge in [-0.05, 0) is 62.4 Å². The Morgan fingerprint density at radius 1 is 1.21 bits per heavy atom. The average Bonchev–Trinajstić information content (AvgIpc) is 3.13. The zero-order valence-corrected chi connectivity index (χ0v) is 18.3. The van der Waals surface area contributed by atoms with Crippen LogP contribution >= 0.6 is 27.7 Å². The number of halogens is 2. The lowest BCUT2D eigenvalue weighted by molar-refractivity contribution is -0.113. The maximum absolute atomic E-state index is 13.0. The Balaban J connectivity index is 1.61. The highest BCUT2D eigenvalue weighted by Crippen LogP contribution is 2.25. The standard InChI is InChI=1S/C20H20BrFN4O2S/c1-3-26-19(13(2)28-17-10-4-14(21)5-11-17)24-25-20(26)29-12-18(27)23-16-8-6-15(22)7-9-16/h4-11,13H,3,12H2,1-2H3,(H,23,27). The van der Waals surface area contributed by atoms with Gasteiger partial charge in [0.25, 0.3) is 0 Å². The second-order valence-electron chi connectivity index (χ2n) is 6.14. The molecule has 1 heterocycles. The first kappa shape index (κ1) is 21.3. The highest BCUT2D eigenvalue weighted by atomic mass is 79.9. The molecule has 6 nitrogen and oxygen atoms in total. The van der Waals surface area contributed by atoms with Crippen molar-refractivity contribution < 1.29 is 13.9 Å². The molecule has 0 bridgehead atoms. The fraction of sp³-hybridized carbons (Fsp3) is 0.250. The van der Waals surface area contributed by atoms with Gasteiger partial charge in [0.2, 0.25) is 5.91 Å². The Kier molecular flexibility index (Phi) is 7.27. The number of rotatable bonds is 8. The number of amides is 1. The molecule has 1 aromatic heterocycles. The van der Waals surface area contributed by atoms with E-state index in [-0.39, 0.29) is 23.6 Å². The highest BCUT2D eigenvalue weighted by molar-refractivity contribution is 9.10. The molecule has 2 aromatic carbocycles. The number of carbonyl (C=O) groups is 1. The van der Waals surface area contributed by atoms with E-state index >= 15 is 0 Å². The van der Waals surface area contributed by atoms with Gasteiger partial charge in [0.1, 0.15) is 11.6 Å². The van der Waals surface area contributed by atoms with Crippen LogP contribution in [0.2, 0.25) is 0 Å². The van der Waals surface area contributed by atoms with E-state index in [1.54, 1.807) is 0 Å². The highest BCUT2D eigenvalue weighted by Gasteiger charge is 2.19. The number of ether oxygens (including phenoxy) is 1. The van der Waals surface area contributed by atoms with Gasteiger partial charge in [-0.3, -0.25) is 4.79 Å². The Hall–Kier alpha value is -2.39. The molecule has 0 aliphatic heterocycles. The van der Waals surface area contributed by atoms with Crippen molar-refractivity contribution >= 4 is 39.3 Å². The van der Waals surface area contributed by atoms with Crippen molar-refractivity contribution in [1.29, 1.82) is 0 Å². The van der Waals surface area contributed by atoms with Crippen LogP contribution in [0.3, 0.4) is 0 Å². The lowest BCUT2D eigenvalue weighted by Crippen LogP contribution is -2.15. The topological polar surface area (TPSA) is 69.0 Å². The molecule has 0 spiro atoms. The third kappa shape index (κ3) is 5.80. The fourth-order valence-electron chi connectivity index (χ4n) is 2.64. The minimum absolute atomic E-state index is 0.164. The number of hydrogen-bond donors (Lipinski definition) is 1. The number of nitrogens with one attached hydrogen (secondary N) is 1. The van der Waals surface area contributed by atoms with E-state index in [0.717, 1.165) is 10.2 Å². The van der Waals surface area contributed by atoms with E-state index in [1.165, 1.54) is 36.0 Å². The van der Waals surface area contributed by atoms with Crippen molar-refractivity contribution in [3.05, 3.63) is 64.6 Å². The van der Waals surface area contributed by atoms with Crippen molar-refractivity contribution in [3.8, 4) is 5.75 Å². The molecule has 0 aliphatic carbocycles. The molecule has 0 saturated carbocycles. The Bertz CT molecular complexity index is 964. The van der Waals surface area contributed by atoms with Crippen LogP contribution in [0.4, 0.5) is 10.1 Å². The minimum Gasteiger partial charge on any atom is -0.483 e. The van der Waals surface area contributed by atoms with Crippen LogP contribution in [0.1, 0.15) is 25.8 Å². The van der Waals surface area contributed by atoms with Crippen LogP contribution in [-0.2, 0) is 11.3 Å². The Labute approximate surface area is 181 Å². The van der Waals surface area contributed by atoms with Crippen molar-refractivity contribution in [1.82, 2.24) is 14.8 Å². The van der Waals surface area contributed by atoms with Gasteiger partial charge in [-0.1, -0.05) is 27.7 Å². The summed E-state index contributed by atoms with van der Waals surface area (Å²) in [5.74, 6) is 1.04. The zero-order chi connectivity index (χ0) is 20.8. The van der Waals surface area contributed by atoms with Gasteiger partial charge >= 0.3 is 0 Å². The number of carbonyl (C=O) groups excluding carboxylic acids is 1. The molecule has 1 atom stereocenters. The van der Waals surface area contributed by atoms with E-state index in [2.05, 4.69) is 31.4 Å². The van der Waals surface area contributed by atoms with Crippen LogP contribution in [0.15, 0.2) is 58.2 Å². The van der Waals surface area contributed by atoms with Crippen LogP contribution in [0, 0.1) is 5.82 Å². The molecule has 1 unspecified atom stereocenters. The Morgan fingerprint density at radius 3 is 2.55 bits per heavy atom. The SMILES string of the molecule is CCn1c(SCC(=O)Nc2ccc(F)cc2)nnc1C(C)Oc1ccc(Br)cc1. The van der Waals surface area contributed by atoms with Crippen LogP contribution < -0.4 is 10.1 Å². The maximum Gasteiger partial charge on any atom is 0.234 e. The predicted molar refractivity (Wildman–Crippen MR) is 115 cm³/mol. The van der Waals surface area contributed by atoms with Gasteiger partial charge in [0.15, 0.2) is 17.1 Å². The molecule has 3 rings (SSSR count). The van der Waals surface area contributed by atoms with Gasteiger partial charge in [0, 0.05) is 16.7 Å². The molecule has 3 aromatic rings. The summed E-state index contributed by atoms with van der Waals surface area (Å²) in [5.41, 5.74) is 0.547. The molecule has 1 amide bonds. The molecule has 152 valence electrons. The minimum atomic E-state index is -0.347. The molecule has 9 heteroatoms. The van der Waals surface area contributed by atoms with Crippen LogP contribution in [0.5, 0.6) is 5.75 Å². The number of hydrogen-bond acceptors (Lipinski definition) is 5. The second-order valence-corrected chi connectivity index (χ2v) is 8.00. The van der Waals surface area contributed by atoms with Gasteiger partial charge in [-0.15, -0.1) is 10.2 Å². The monoisotopic (exact) mass is 478 g/mol. The number of nitrogens with zero attached hydrogens (tertiary/aromatic N) is 3. The molecule has 0 saturated heterocycles. The lowest BCUT2D eigenvalue weighted by Gasteiger charge is -2.15. The largest absolute Gasteiger partial charge is 0.483 e. The molecule has 0 aliphatic rings. The maximum atomic E-state index is 13.0. The van der Waals surface area contributed by atoms with Crippen molar-refractivity contribution in [2.45, 2.75) is 31.7 Å². The average molecular weight is 479 g/mol. The molecule has 29 heavy (non-hydrogen) atoms. The molecule has 1 N–H and O–H groups in total. The summed E-state index contributed by atoms with van der Waals surface area (Å²) in [5, 5.41) is 11.8. The summed E-state index contributed by atoms with van der Waals surface area (Å²) in [4.78, 5) is 12.2. The second kappa shape index (κ2) is 9.89. The van der Waals surface area contributed by atoms with Crippen molar-refractivity contribution in [3.63, 3.8) is 0 Å². The summed E-state index contributed by atoms with van der Waals surface area (Å²) in [6.07, 6.45) is -0.300. The van der Waals surface area contributed by atoms with E-state index in [4.69, 9.17) is 4.74 Å². The third-order valence-corrected chi connectivity index (χ3v) is 5.51. The predicted octanol–water partition coefficient (Wildman–Crippen LogP) is 5.07. The number of thioether (sulfide) groups is 1. The normalized spacial score (nSPS) is 11.9. The zero-order valence-electron chi connectivity index (χ0n) is 15.9.